The first kappa shape index (κ1) is 23.5. The molecule has 164 valence electrons. The van der Waals surface area contributed by atoms with Gasteiger partial charge in [0.2, 0.25) is 0 Å². The molecule has 2 aromatic rings. The highest BCUT2D eigenvalue weighted by atomic mass is 19.1. The molecule has 1 saturated heterocycles. The minimum absolute atomic E-state index is 0.327. The lowest BCUT2D eigenvalue weighted by atomic mass is 9.96. The average molecular weight is 422 g/mol. The number of halogens is 1. The van der Waals surface area contributed by atoms with Crippen LogP contribution in [0.15, 0.2) is 34.9 Å². The Bertz CT molecular complexity index is 871. The van der Waals surface area contributed by atoms with Crippen LogP contribution >= 0.6 is 0 Å². The molecule has 0 aliphatic carbocycles. The van der Waals surface area contributed by atoms with Crippen LogP contribution in [0.1, 0.15) is 38.3 Å². The Kier molecular flexibility index (Phi) is 8.49. The largest absolute Gasteiger partial charge is 0.478 e. The zero-order chi connectivity index (χ0) is 22.1. The number of carbonyl (C=O) groups is 2. The van der Waals surface area contributed by atoms with Gasteiger partial charge in [-0.2, -0.15) is 0 Å². The number of aliphatic hydroxyl groups is 1. The number of aliphatic carboxylic acids is 2. The average Bonchev–Trinajstić information content (AvgIpc) is 3.08. The van der Waals surface area contributed by atoms with Crippen LogP contribution in [0, 0.1) is 5.82 Å². The molecule has 1 fully saturated rings. The number of aromatic nitrogens is 1. The molecular formula is C21H27FN2O6. The molecule has 0 radical (unpaired) electrons. The van der Waals surface area contributed by atoms with Crippen molar-refractivity contribution in [2.45, 2.75) is 44.6 Å². The lowest BCUT2D eigenvalue weighted by Crippen LogP contribution is -2.43. The number of aryl methyl sites for hydroxylation is 1. The van der Waals surface area contributed by atoms with Crippen molar-refractivity contribution in [3.8, 4) is 0 Å². The molecule has 1 unspecified atom stereocenters. The highest BCUT2D eigenvalue weighted by Gasteiger charge is 2.25. The summed E-state index contributed by atoms with van der Waals surface area (Å²) in [7, 11) is 0. The van der Waals surface area contributed by atoms with E-state index in [1.54, 1.807) is 6.07 Å². The summed E-state index contributed by atoms with van der Waals surface area (Å²) in [6, 6.07) is 4.45. The van der Waals surface area contributed by atoms with E-state index >= 15 is 0 Å². The SMILES string of the molecule is CC(O)(CCc1noc2cc(F)ccc12)CN1CCCCC1.O=C(O)C=CC(=O)O. The van der Waals surface area contributed by atoms with Gasteiger partial charge in [0.05, 0.1) is 11.3 Å². The summed E-state index contributed by atoms with van der Waals surface area (Å²) in [4.78, 5) is 21.4. The van der Waals surface area contributed by atoms with Gasteiger partial charge in [-0.1, -0.05) is 11.6 Å². The van der Waals surface area contributed by atoms with Crippen molar-refractivity contribution in [1.82, 2.24) is 10.1 Å². The molecule has 0 amide bonds. The first-order chi connectivity index (χ1) is 14.2. The zero-order valence-corrected chi connectivity index (χ0v) is 16.9. The third kappa shape index (κ3) is 7.92. The van der Waals surface area contributed by atoms with Gasteiger partial charge >= 0.3 is 11.9 Å². The Morgan fingerprint density at radius 3 is 2.43 bits per heavy atom. The fourth-order valence-corrected chi connectivity index (χ4v) is 3.35. The maximum atomic E-state index is 13.1. The van der Waals surface area contributed by atoms with Crippen LogP contribution in [0.5, 0.6) is 0 Å². The minimum atomic E-state index is -1.26. The number of likely N-dealkylation sites (tertiary alicyclic amines) is 1. The van der Waals surface area contributed by atoms with Crippen LogP contribution in [-0.4, -0.2) is 62.6 Å². The highest BCUT2D eigenvalue weighted by molar-refractivity contribution is 5.89. The summed E-state index contributed by atoms with van der Waals surface area (Å²) in [6.07, 6.45) is 6.08. The topological polar surface area (TPSA) is 124 Å². The fraction of sp³-hybridized carbons (Fsp3) is 0.476. The summed E-state index contributed by atoms with van der Waals surface area (Å²) in [5.41, 5.74) is 0.502. The molecule has 1 atom stereocenters. The fourth-order valence-electron chi connectivity index (χ4n) is 3.35. The molecule has 0 saturated carbocycles. The van der Waals surface area contributed by atoms with E-state index in [0.717, 1.165) is 24.2 Å². The van der Waals surface area contributed by atoms with E-state index in [1.165, 1.54) is 31.4 Å². The Balaban J connectivity index is 0.000000343. The predicted octanol–water partition coefficient (Wildman–Crippen LogP) is 2.85. The van der Waals surface area contributed by atoms with Gasteiger partial charge < -0.3 is 24.7 Å². The molecule has 2 heterocycles. The van der Waals surface area contributed by atoms with E-state index in [1.807, 2.05) is 6.92 Å². The first-order valence-electron chi connectivity index (χ1n) is 9.79. The standard InChI is InChI=1S/C17H23FN2O2.C4H4O4/c1-17(21,12-20-9-3-2-4-10-20)8-7-15-14-6-5-13(18)11-16(14)22-19-15;5-3(6)1-2-4(7)8/h5-6,11,21H,2-4,7-10,12H2,1H3;1-2H,(H,5,6)(H,7,8). The molecule has 8 nitrogen and oxygen atoms in total. The van der Waals surface area contributed by atoms with Crippen LogP contribution in [0.4, 0.5) is 4.39 Å². The van der Waals surface area contributed by atoms with E-state index < -0.39 is 17.5 Å². The number of carboxylic acids is 2. The van der Waals surface area contributed by atoms with E-state index in [0.29, 0.717) is 37.1 Å². The van der Waals surface area contributed by atoms with Crippen molar-refractivity contribution in [2.75, 3.05) is 19.6 Å². The molecule has 1 aromatic carbocycles. The van der Waals surface area contributed by atoms with E-state index in [9.17, 15) is 19.1 Å². The third-order valence-corrected chi connectivity index (χ3v) is 4.79. The zero-order valence-electron chi connectivity index (χ0n) is 16.9. The van der Waals surface area contributed by atoms with Gasteiger partial charge in [-0.05, 0) is 57.8 Å². The summed E-state index contributed by atoms with van der Waals surface area (Å²) >= 11 is 0. The Hall–Kier alpha value is -2.78. The molecule has 1 aliphatic rings. The lowest BCUT2D eigenvalue weighted by Gasteiger charge is -2.33. The molecule has 3 rings (SSSR count). The molecule has 3 N–H and O–H groups in total. The second kappa shape index (κ2) is 10.8. The number of piperidine rings is 1. The number of benzene rings is 1. The number of carboxylic acid groups (broad SMARTS) is 2. The molecule has 0 spiro atoms. The van der Waals surface area contributed by atoms with Crippen molar-refractivity contribution in [1.29, 1.82) is 0 Å². The third-order valence-electron chi connectivity index (χ3n) is 4.79. The van der Waals surface area contributed by atoms with Gasteiger partial charge in [0.1, 0.15) is 5.82 Å². The van der Waals surface area contributed by atoms with Crippen LogP contribution in [0.2, 0.25) is 0 Å². The number of rotatable bonds is 7. The first-order valence-corrected chi connectivity index (χ1v) is 9.79. The van der Waals surface area contributed by atoms with E-state index in [-0.39, 0.29) is 5.82 Å². The maximum absolute atomic E-state index is 13.1. The Morgan fingerprint density at radius 1 is 1.20 bits per heavy atom. The minimum Gasteiger partial charge on any atom is -0.478 e. The van der Waals surface area contributed by atoms with Gasteiger partial charge in [0, 0.05) is 30.1 Å². The van der Waals surface area contributed by atoms with Crippen molar-refractivity contribution in [3.05, 3.63) is 41.9 Å². The van der Waals surface area contributed by atoms with Crippen molar-refractivity contribution in [3.63, 3.8) is 0 Å². The molecule has 0 bridgehead atoms. The highest BCUT2D eigenvalue weighted by Crippen LogP contribution is 2.23. The number of hydrogen-bond donors (Lipinski definition) is 3. The maximum Gasteiger partial charge on any atom is 0.328 e. The van der Waals surface area contributed by atoms with Gasteiger partial charge in [-0.25, -0.2) is 14.0 Å². The second-order valence-corrected chi connectivity index (χ2v) is 7.61. The van der Waals surface area contributed by atoms with Crippen LogP contribution < -0.4 is 0 Å². The quantitative estimate of drug-likeness (QED) is 0.582. The molecule has 1 aliphatic heterocycles. The van der Waals surface area contributed by atoms with Crippen LogP contribution in [0.3, 0.4) is 0 Å². The normalized spacial score (nSPS) is 16.8. The second-order valence-electron chi connectivity index (χ2n) is 7.61. The predicted molar refractivity (Wildman–Crippen MR) is 108 cm³/mol. The Morgan fingerprint density at radius 2 is 1.83 bits per heavy atom. The van der Waals surface area contributed by atoms with E-state index in [2.05, 4.69) is 10.1 Å². The van der Waals surface area contributed by atoms with Crippen molar-refractivity contribution in [2.24, 2.45) is 0 Å². The number of fused-ring (bicyclic) bond motifs is 1. The smallest absolute Gasteiger partial charge is 0.328 e. The summed E-state index contributed by atoms with van der Waals surface area (Å²) in [5, 5.41) is 31.1. The number of hydrogen-bond acceptors (Lipinski definition) is 6. The number of nitrogens with zero attached hydrogens (tertiary/aromatic N) is 2. The van der Waals surface area contributed by atoms with Crippen LogP contribution in [-0.2, 0) is 16.0 Å². The molecule has 9 heteroatoms. The molecule has 30 heavy (non-hydrogen) atoms. The summed E-state index contributed by atoms with van der Waals surface area (Å²) in [5.74, 6) is -2.84. The van der Waals surface area contributed by atoms with Crippen LogP contribution in [0.25, 0.3) is 11.0 Å². The van der Waals surface area contributed by atoms with Gasteiger partial charge in [0.15, 0.2) is 5.58 Å². The van der Waals surface area contributed by atoms with Gasteiger partial charge in [-0.3, -0.25) is 0 Å². The lowest BCUT2D eigenvalue weighted by molar-refractivity contribution is -0.134. The van der Waals surface area contributed by atoms with Crippen molar-refractivity contribution >= 4 is 22.9 Å². The number of β-amino-alcohol motifs (C(OH)–C–C–N with tert-alkyl or cyclic N) is 1. The van der Waals surface area contributed by atoms with Gasteiger partial charge in [0.25, 0.3) is 0 Å². The summed E-state index contributed by atoms with van der Waals surface area (Å²) in [6.45, 7) is 4.71. The Labute approximate surface area is 173 Å². The van der Waals surface area contributed by atoms with E-state index in [4.69, 9.17) is 14.7 Å². The van der Waals surface area contributed by atoms with Gasteiger partial charge in [-0.15, -0.1) is 0 Å². The molecular weight excluding hydrogens is 395 g/mol. The monoisotopic (exact) mass is 422 g/mol. The summed E-state index contributed by atoms with van der Waals surface area (Å²) < 4.78 is 18.3. The molecule has 1 aromatic heterocycles. The van der Waals surface area contributed by atoms with Crippen molar-refractivity contribution < 1.29 is 33.8 Å².